The van der Waals surface area contributed by atoms with E-state index in [0.717, 1.165) is 6.42 Å². The molecule has 0 unspecified atom stereocenters. The Labute approximate surface area is 156 Å². The summed E-state index contributed by atoms with van der Waals surface area (Å²) in [5, 5.41) is 0.142. The van der Waals surface area contributed by atoms with Gasteiger partial charge in [0.25, 0.3) is 5.91 Å². The lowest BCUT2D eigenvalue weighted by atomic mass is 9.91. The molecule has 0 saturated carbocycles. The summed E-state index contributed by atoms with van der Waals surface area (Å²) < 4.78 is 26.9. The normalized spacial score (nSPS) is 21.6. The van der Waals surface area contributed by atoms with Gasteiger partial charge in [-0.05, 0) is 36.5 Å². The van der Waals surface area contributed by atoms with Crippen molar-refractivity contribution in [3.63, 3.8) is 0 Å². The second-order valence-corrected chi connectivity index (χ2v) is 9.20. The van der Waals surface area contributed by atoms with Crippen LogP contribution in [0.3, 0.4) is 0 Å². The molecule has 1 fully saturated rings. The van der Waals surface area contributed by atoms with E-state index < -0.39 is 10.0 Å². The first-order valence-electron chi connectivity index (χ1n) is 8.79. The third kappa shape index (κ3) is 4.36. The Morgan fingerprint density at radius 2 is 1.76 bits per heavy atom. The predicted octanol–water partition coefficient (Wildman–Crippen LogP) is 3.49. The number of amides is 1. The van der Waals surface area contributed by atoms with E-state index in [1.807, 2.05) is 4.90 Å². The van der Waals surface area contributed by atoms with Crippen LogP contribution in [-0.4, -0.2) is 49.7 Å². The number of sulfonamides is 1. The number of hydrogen-bond acceptors (Lipinski definition) is 3. The largest absolute Gasteiger partial charge is 0.338 e. The minimum Gasteiger partial charge on any atom is -0.338 e. The van der Waals surface area contributed by atoms with Crippen LogP contribution in [-0.2, 0) is 10.0 Å². The number of halogens is 1. The molecule has 7 heteroatoms. The highest BCUT2D eigenvalue weighted by Crippen LogP contribution is 2.28. The van der Waals surface area contributed by atoms with E-state index in [2.05, 4.69) is 13.8 Å². The van der Waals surface area contributed by atoms with E-state index in [1.54, 1.807) is 19.9 Å². The molecule has 0 spiro atoms. The topological polar surface area (TPSA) is 57.7 Å². The summed E-state index contributed by atoms with van der Waals surface area (Å²) >= 11 is 6.14. The van der Waals surface area contributed by atoms with Gasteiger partial charge in [0.15, 0.2) is 0 Å². The number of carbonyl (C=O) groups excluding carboxylic acids is 1. The van der Waals surface area contributed by atoms with Crippen molar-refractivity contribution in [2.45, 2.75) is 39.0 Å². The van der Waals surface area contributed by atoms with E-state index in [9.17, 15) is 13.2 Å². The van der Waals surface area contributed by atoms with Gasteiger partial charge in [0.1, 0.15) is 4.90 Å². The molecule has 0 aliphatic carbocycles. The van der Waals surface area contributed by atoms with Crippen LogP contribution in [0.1, 0.15) is 44.5 Å². The maximum atomic E-state index is 12.9. The first kappa shape index (κ1) is 20.2. The highest BCUT2D eigenvalue weighted by molar-refractivity contribution is 7.89. The smallest absolute Gasteiger partial charge is 0.253 e. The third-order valence-electron chi connectivity index (χ3n) is 4.66. The van der Waals surface area contributed by atoms with Gasteiger partial charge in [0.2, 0.25) is 10.0 Å². The Morgan fingerprint density at radius 1 is 1.20 bits per heavy atom. The fourth-order valence-corrected chi connectivity index (χ4v) is 5.51. The molecule has 0 aromatic heterocycles. The summed E-state index contributed by atoms with van der Waals surface area (Å²) in [6.07, 6.45) is 1.10. The molecule has 1 heterocycles. The minimum atomic E-state index is -3.71. The second-order valence-electron chi connectivity index (χ2n) is 6.89. The average Bonchev–Trinajstić information content (AvgIpc) is 2.54. The van der Waals surface area contributed by atoms with Crippen LogP contribution in [0.5, 0.6) is 0 Å². The number of likely N-dealkylation sites (tertiary alicyclic amines) is 1. The zero-order valence-electron chi connectivity index (χ0n) is 15.3. The molecule has 1 amide bonds. The Hall–Kier alpha value is -1.11. The summed E-state index contributed by atoms with van der Waals surface area (Å²) in [6.45, 7) is 9.93. The maximum absolute atomic E-state index is 12.9. The summed E-state index contributed by atoms with van der Waals surface area (Å²) in [5.41, 5.74) is 0.372. The Kier molecular flexibility index (Phi) is 6.51. The first-order chi connectivity index (χ1) is 11.7. The fourth-order valence-electron chi connectivity index (χ4n) is 3.55. The number of hydrogen-bond donors (Lipinski definition) is 0. The highest BCUT2D eigenvalue weighted by Gasteiger charge is 2.29. The van der Waals surface area contributed by atoms with Crippen molar-refractivity contribution in [1.82, 2.24) is 9.21 Å². The lowest BCUT2D eigenvalue weighted by molar-refractivity contribution is 0.0623. The average molecular weight is 387 g/mol. The van der Waals surface area contributed by atoms with Gasteiger partial charge in [0.05, 0.1) is 5.02 Å². The van der Waals surface area contributed by atoms with Gasteiger partial charge in [-0.2, -0.15) is 4.31 Å². The first-order valence-corrected chi connectivity index (χ1v) is 10.6. The van der Waals surface area contributed by atoms with Crippen LogP contribution < -0.4 is 0 Å². The monoisotopic (exact) mass is 386 g/mol. The summed E-state index contributed by atoms with van der Waals surface area (Å²) in [6, 6.07) is 4.53. The van der Waals surface area contributed by atoms with Gasteiger partial charge < -0.3 is 4.90 Å². The van der Waals surface area contributed by atoms with E-state index >= 15 is 0 Å². The fraction of sp³-hybridized carbons (Fsp3) is 0.611. The molecule has 2 atom stereocenters. The van der Waals surface area contributed by atoms with Gasteiger partial charge in [-0.25, -0.2) is 8.42 Å². The van der Waals surface area contributed by atoms with Gasteiger partial charge in [-0.1, -0.05) is 39.3 Å². The zero-order valence-corrected chi connectivity index (χ0v) is 16.9. The number of nitrogens with zero attached hydrogens (tertiary/aromatic N) is 2. The molecule has 0 N–H and O–H groups in total. The number of piperidine rings is 1. The van der Waals surface area contributed by atoms with Gasteiger partial charge >= 0.3 is 0 Å². The van der Waals surface area contributed by atoms with Crippen LogP contribution in [0.4, 0.5) is 0 Å². The predicted molar refractivity (Wildman–Crippen MR) is 100 cm³/mol. The van der Waals surface area contributed by atoms with Crippen LogP contribution in [0.2, 0.25) is 5.02 Å². The summed E-state index contributed by atoms with van der Waals surface area (Å²) in [5.74, 6) is 0.754. The zero-order chi connectivity index (χ0) is 18.8. The van der Waals surface area contributed by atoms with Crippen molar-refractivity contribution in [3.05, 3.63) is 28.8 Å². The Morgan fingerprint density at radius 3 is 2.28 bits per heavy atom. The van der Waals surface area contributed by atoms with E-state index in [0.29, 0.717) is 43.6 Å². The van der Waals surface area contributed by atoms with Crippen molar-refractivity contribution in [2.75, 3.05) is 26.2 Å². The molecule has 0 bridgehead atoms. The van der Waals surface area contributed by atoms with E-state index in [1.165, 1.54) is 16.4 Å². The molecule has 0 radical (unpaired) electrons. The Balaban J connectivity index is 2.37. The van der Waals surface area contributed by atoms with Crippen molar-refractivity contribution in [1.29, 1.82) is 0 Å². The number of benzene rings is 1. The SMILES string of the molecule is CCN(CC)S(=O)(=O)c1cc(C(=O)N2C[C@H](C)C[C@@H](C)C2)ccc1Cl. The third-order valence-corrected chi connectivity index (χ3v) is 7.19. The molecule has 1 aliphatic heterocycles. The lowest BCUT2D eigenvalue weighted by Gasteiger charge is -2.35. The molecular formula is C18H27ClN2O3S. The van der Waals surface area contributed by atoms with Crippen LogP contribution in [0.25, 0.3) is 0 Å². The van der Waals surface area contributed by atoms with Crippen LogP contribution in [0, 0.1) is 11.8 Å². The molecule has 2 rings (SSSR count). The molecule has 1 aliphatic rings. The van der Waals surface area contributed by atoms with Crippen molar-refractivity contribution in [3.8, 4) is 0 Å². The molecule has 1 aromatic rings. The standard InChI is InChI=1S/C18H27ClN2O3S/c1-5-21(6-2)25(23,24)17-10-15(7-8-16(17)19)18(22)20-11-13(3)9-14(4)12-20/h7-8,10,13-14H,5-6,9,11-12H2,1-4H3/t13-,14-/m1/s1. The van der Waals surface area contributed by atoms with Crippen LogP contribution in [0.15, 0.2) is 23.1 Å². The minimum absolute atomic E-state index is 0.00169. The quantitative estimate of drug-likeness (QED) is 0.778. The van der Waals surface area contributed by atoms with Gasteiger partial charge in [-0.3, -0.25) is 4.79 Å². The number of carbonyl (C=O) groups is 1. The summed E-state index contributed by atoms with van der Waals surface area (Å²) in [4.78, 5) is 14.7. The molecule has 1 aromatic carbocycles. The molecule has 1 saturated heterocycles. The second kappa shape index (κ2) is 8.06. The molecule has 140 valence electrons. The van der Waals surface area contributed by atoms with Crippen molar-refractivity contribution >= 4 is 27.5 Å². The van der Waals surface area contributed by atoms with E-state index in [4.69, 9.17) is 11.6 Å². The highest BCUT2D eigenvalue weighted by atomic mass is 35.5. The van der Waals surface area contributed by atoms with Gasteiger partial charge in [0, 0.05) is 31.7 Å². The van der Waals surface area contributed by atoms with Crippen molar-refractivity contribution in [2.24, 2.45) is 11.8 Å². The maximum Gasteiger partial charge on any atom is 0.253 e. The van der Waals surface area contributed by atoms with Crippen molar-refractivity contribution < 1.29 is 13.2 Å². The Bertz CT molecular complexity index is 722. The molecule has 5 nitrogen and oxygen atoms in total. The molecular weight excluding hydrogens is 360 g/mol. The number of rotatable bonds is 5. The van der Waals surface area contributed by atoms with Crippen LogP contribution >= 0.6 is 11.6 Å². The summed E-state index contributed by atoms with van der Waals surface area (Å²) in [7, 11) is -3.71. The van der Waals surface area contributed by atoms with E-state index in [-0.39, 0.29) is 15.8 Å². The lowest BCUT2D eigenvalue weighted by Crippen LogP contribution is -2.42. The van der Waals surface area contributed by atoms with Gasteiger partial charge in [-0.15, -0.1) is 0 Å². The molecule has 25 heavy (non-hydrogen) atoms.